The van der Waals surface area contributed by atoms with Crippen LogP contribution in [-0.4, -0.2) is 22.7 Å². The number of carboxylic acid groups (broad SMARTS) is 1. The van der Waals surface area contributed by atoms with Crippen LogP contribution >= 0.6 is 11.3 Å². The zero-order chi connectivity index (χ0) is 10.8. The van der Waals surface area contributed by atoms with Crippen LogP contribution in [0.3, 0.4) is 0 Å². The second-order valence-electron chi connectivity index (χ2n) is 2.86. The first-order chi connectivity index (χ1) is 7.15. The number of nitrogen functional groups attached to an aromatic ring is 1. The fraction of sp³-hybridized carbons (Fsp3) is 0.111. The molecular formula is C9H8N2O3S. The lowest BCUT2D eigenvalue weighted by Crippen LogP contribution is -2.09. The smallest absolute Gasteiger partial charge is 0.341 e. The second kappa shape index (κ2) is 3.74. The molecule has 0 aliphatic rings. The maximum atomic E-state index is 10.3. The van der Waals surface area contributed by atoms with Crippen LogP contribution in [0.5, 0.6) is 5.75 Å². The van der Waals surface area contributed by atoms with E-state index in [0.29, 0.717) is 10.9 Å². The van der Waals surface area contributed by atoms with Crippen LogP contribution < -0.4 is 10.5 Å². The van der Waals surface area contributed by atoms with Crippen LogP contribution in [-0.2, 0) is 4.79 Å². The first-order valence-corrected chi connectivity index (χ1v) is 4.97. The highest BCUT2D eigenvalue weighted by Crippen LogP contribution is 2.27. The third-order valence-corrected chi connectivity index (χ3v) is 2.59. The van der Waals surface area contributed by atoms with Crippen molar-refractivity contribution in [3.05, 3.63) is 18.2 Å². The quantitative estimate of drug-likeness (QED) is 0.821. The van der Waals surface area contributed by atoms with Gasteiger partial charge >= 0.3 is 5.97 Å². The summed E-state index contributed by atoms with van der Waals surface area (Å²) < 4.78 is 5.91. The number of nitrogens with two attached hydrogens (primary N) is 1. The van der Waals surface area contributed by atoms with E-state index in [1.807, 2.05) is 0 Å². The number of fused-ring (bicyclic) bond motifs is 1. The Hall–Kier alpha value is -1.82. The lowest BCUT2D eigenvalue weighted by Gasteiger charge is -2.01. The lowest BCUT2D eigenvalue weighted by atomic mass is 10.3. The number of thiazole rings is 1. The summed E-state index contributed by atoms with van der Waals surface area (Å²) >= 11 is 1.34. The molecule has 0 saturated carbocycles. The number of nitrogens with zero attached hydrogens (tertiary/aromatic N) is 1. The Bertz CT molecular complexity index is 509. The first-order valence-electron chi connectivity index (χ1n) is 4.16. The molecule has 1 aromatic carbocycles. The zero-order valence-electron chi connectivity index (χ0n) is 7.64. The van der Waals surface area contributed by atoms with Gasteiger partial charge in [-0.15, -0.1) is 0 Å². The number of hydrogen-bond acceptors (Lipinski definition) is 5. The van der Waals surface area contributed by atoms with Gasteiger partial charge in [-0.25, -0.2) is 9.78 Å². The van der Waals surface area contributed by atoms with Crippen molar-refractivity contribution in [3.63, 3.8) is 0 Å². The topological polar surface area (TPSA) is 85.4 Å². The highest BCUT2D eigenvalue weighted by molar-refractivity contribution is 7.22. The minimum Gasteiger partial charge on any atom is -0.482 e. The van der Waals surface area contributed by atoms with Crippen LogP contribution in [0.4, 0.5) is 5.13 Å². The minimum atomic E-state index is -1.00. The molecule has 0 radical (unpaired) electrons. The van der Waals surface area contributed by atoms with E-state index in [-0.39, 0.29) is 6.61 Å². The number of carbonyl (C=O) groups is 1. The van der Waals surface area contributed by atoms with Crippen LogP contribution in [0.1, 0.15) is 0 Å². The van der Waals surface area contributed by atoms with Crippen LogP contribution in [0.15, 0.2) is 18.2 Å². The van der Waals surface area contributed by atoms with E-state index in [2.05, 4.69) is 4.98 Å². The Morgan fingerprint density at radius 1 is 1.60 bits per heavy atom. The largest absolute Gasteiger partial charge is 0.482 e. The molecule has 0 aliphatic carbocycles. The Morgan fingerprint density at radius 3 is 3.13 bits per heavy atom. The van der Waals surface area contributed by atoms with Crippen molar-refractivity contribution in [2.24, 2.45) is 0 Å². The monoisotopic (exact) mass is 224 g/mol. The molecule has 3 N–H and O–H groups in total. The Labute approximate surface area is 89.1 Å². The van der Waals surface area contributed by atoms with Gasteiger partial charge in [0, 0.05) is 0 Å². The van der Waals surface area contributed by atoms with Gasteiger partial charge in [-0.1, -0.05) is 11.3 Å². The normalized spacial score (nSPS) is 10.4. The van der Waals surface area contributed by atoms with Crippen molar-refractivity contribution in [1.29, 1.82) is 0 Å². The number of rotatable bonds is 3. The highest BCUT2D eigenvalue weighted by atomic mass is 32.1. The SMILES string of the molecule is Nc1nc2ccc(OCC(=O)O)cc2s1. The average molecular weight is 224 g/mol. The van der Waals surface area contributed by atoms with Crippen LogP contribution in [0.25, 0.3) is 10.2 Å². The van der Waals surface area contributed by atoms with Gasteiger partial charge in [-0.2, -0.15) is 0 Å². The number of ether oxygens (including phenoxy) is 1. The second-order valence-corrected chi connectivity index (χ2v) is 3.93. The van der Waals surface area contributed by atoms with Gasteiger partial charge in [-0.05, 0) is 18.2 Å². The summed E-state index contributed by atoms with van der Waals surface area (Å²) in [6.45, 7) is -0.347. The molecule has 0 aliphatic heterocycles. The van der Waals surface area contributed by atoms with Crippen LogP contribution in [0.2, 0.25) is 0 Å². The molecule has 0 amide bonds. The third-order valence-electron chi connectivity index (χ3n) is 1.74. The van der Waals surface area contributed by atoms with Crippen molar-refractivity contribution in [1.82, 2.24) is 4.98 Å². The van der Waals surface area contributed by atoms with Crippen LogP contribution in [0, 0.1) is 0 Å². The number of aliphatic carboxylic acids is 1. The molecule has 1 aromatic heterocycles. The molecule has 0 spiro atoms. The maximum Gasteiger partial charge on any atom is 0.341 e. The van der Waals surface area contributed by atoms with E-state index < -0.39 is 5.97 Å². The maximum absolute atomic E-state index is 10.3. The van der Waals surface area contributed by atoms with Gasteiger partial charge in [0.1, 0.15) is 5.75 Å². The summed E-state index contributed by atoms with van der Waals surface area (Å²) in [7, 11) is 0. The zero-order valence-corrected chi connectivity index (χ0v) is 8.45. The molecule has 15 heavy (non-hydrogen) atoms. The fourth-order valence-corrected chi connectivity index (χ4v) is 1.92. The van der Waals surface area contributed by atoms with Gasteiger partial charge in [0.25, 0.3) is 0 Å². The predicted octanol–water partition coefficient (Wildman–Crippen LogP) is 1.34. The van der Waals surface area contributed by atoms with Crippen molar-refractivity contribution in [2.75, 3.05) is 12.3 Å². The van der Waals surface area contributed by atoms with E-state index in [9.17, 15) is 4.79 Å². The number of aromatic nitrogens is 1. The summed E-state index contributed by atoms with van der Waals surface area (Å²) in [5.41, 5.74) is 6.33. The van der Waals surface area contributed by atoms with Gasteiger partial charge in [0.2, 0.25) is 0 Å². The molecule has 0 unspecified atom stereocenters. The molecule has 1 heterocycles. The van der Waals surface area contributed by atoms with E-state index >= 15 is 0 Å². The van der Waals surface area contributed by atoms with Crippen molar-refractivity contribution >= 4 is 32.7 Å². The molecule has 0 fully saturated rings. The minimum absolute atomic E-state index is 0.347. The molecule has 0 bridgehead atoms. The fourth-order valence-electron chi connectivity index (χ4n) is 1.16. The van der Waals surface area contributed by atoms with E-state index in [1.165, 1.54) is 11.3 Å². The predicted molar refractivity (Wildman–Crippen MR) is 57.2 cm³/mol. The summed E-state index contributed by atoms with van der Waals surface area (Å²) in [5, 5.41) is 8.92. The summed E-state index contributed by atoms with van der Waals surface area (Å²) in [6, 6.07) is 5.15. The molecule has 6 heteroatoms. The number of carboxylic acids is 1. The summed E-state index contributed by atoms with van der Waals surface area (Å²) in [6.07, 6.45) is 0. The molecular weight excluding hydrogens is 216 g/mol. The molecule has 2 rings (SSSR count). The summed E-state index contributed by atoms with van der Waals surface area (Å²) in [5.74, 6) is -0.493. The first kappa shape index (κ1) is 9.72. The third kappa shape index (κ3) is 2.16. The lowest BCUT2D eigenvalue weighted by molar-refractivity contribution is -0.139. The number of benzene rings is 1. The molecule has 2 aromatic rings. The average Bonchev–Trinajstić information content (AvgIpc) is 2.53. The number of hydrogen-bond donors (Lipinski definition) is 2. The van der Waals surface area contributed by atoms with Crippen molar-refractivity contribution in [2.45, 2.75) is 0 Å². The van der Waals surface area contributed by atoms with E-state index in [1.54, 1.807) is 18.2 Å². The Kier molecular flexibility index (Phi) is 2.42. The highest BCUT2D eigenvalue weighted by Gasteiger charge is 2.04. The summed E-state index contributed by atoms with van der Waals surface area (Å²) in [4.78, 5) is 14.4. The van der Waals surface area contributed by atoms with E-state index in [4.69, 9.17) is 15.6 Å². The van der Waals surface area contributed by atoms with Gasteiger partial charge in [-0.3, -0.25) is 0 Å². The standard InChI is InChI=1S/C9H8N2O3S/c10-9-11-6-2-1-5(3-7(6)15-9)14-4-8(12)13/h1-3H,4H2,(H2,10,11)(H,12,13). The Morgan fingerprint density at radius 2 is 2.40 bits per heavy atom. The van der Waals surface area contributed by atoms with Gasteiger partial charge < -0.3 is 15.6 Å². The van der Waals surface area contributed by atoms with E-state index in [0.717, 1.165) is 10.2 Å². The van der Waals surface area contributed by atoms with Gasteiger partial charge in [0.15, 0.2) is 11.7 Å². The molecule has 78 valence electrons. The molecule has 5 nitrogen and oxygen atoms in total. The van der Waals surface area contributed by atoms with Gasteiger partial charge in [0.05, 0.1) is 10.2 Å². The number of anilines is 1. The molecule has 0 saturated heterocycles. The Balaban J connectivity index is 2.26. The molecule has 0 atom stereocenters. The van der Waals surface area contributed by atoms with Crippen molar-refractivity contribution < 1.29 is 14.6 Å². The van der Waals surface area contributed by atoms with Crippen molar-refractivity contribution in [3.8, 4) is 5.75 Å².